The summed E-state index contributed by atoms with van der Waals surface area (Å²) in [7, 11) is -10.1. The summed E-state index contributed by atoms with van der Waals surface area (Å²) in [6.45, 7) is 43.4. The Morgan fingerprint density at radius 1 is 0.635 bits per heavy atom. The van der Waals surface area contributed by atoms with Crippen molar-refractivity contribution in [2.24, 2.45) is 0 Å². The van der Waals surface area contributed by atoms with Crippen LogP contribution in [0.3, 0.4) is 0 Å². The molecule has 1 aliphatic heterocycles. The maximum atomic E-state index is 12.8. The minimum atomic E-state index is -2.65. The molecule has 356 valence electrons. The third-order valence-electron chi connectivity index (χ3n) is 13.8. The molecule has 1 heterocycles. The zero-order valence-corrected chi connectivity index (χ0v) is 45.5. The Balaban J connectivity index is 2.19. The van der Waals surface area contributed by atoms with Crippen molar-refractivity contribution in [1.29, 1.82) is 0 Å². The molecule has 2 aromatic rings. The largest absolute Gasteiger partial charge is 0.514 e. The van der Waals surface area contributed by atoms with Crippen LogP contribution in [0, 0.1) is 20.2 Å². The van der Waals surface area contributed by atoms with Gasteiger partial charge >= 0.3 is 11.8 Å². The van der Waals surface area contributed by atoms with Gasteiger partial charge in [0.25, 0.3) is 5.69 Å². The van der Waals surface area contributed by atoms with Gasteiger partial charge in [0.05, 0.1) is 16.5 Å². The number of hydrogen-bond donors (Lipinski definition) is 0. The minimum Gasteiger partial charge on any atom is -0.455 e. The minimum absolute atomic E-state index is 0.0306. The maximum absolute atomic E-state index is 12.8. The van der Waals surface area contributed by atoms with Gasteiger partial charge in [-0.1, -0.05) is 89.2 Å². The van der Waals surface area contributed by atoms with Crippen LogP contribution < -0.4 is 9.47 Å². The first-order chi connectivity index (χ1) is 28.3. The van der Waals surface area contributed by atoms with Crippen LogP contribution in [-0.4, -0.2) is 86.6 Å². The highest BCUT2D eigenvalue weighted by molar-refractivity contribution is 6.75. The Morgan fingerprint density at radius 3 is 1.54 bits per heavy atom. The number of non-ortho nitro benzene ring substituents is 1. The van der Waals surface area contributed by atoms with Crippen molar-refractivity contribution < 1.29 is 51.3 Å². The van der Waals surface area contributed by atoms with Crippen LogP contribution in [0.15, 0.2) is 42.5 Å². The number of hydrogen-bond acceptors (Lipinski definition) is 13. The lowest BCUT2D eigenvalue weighted by Gasteiger charge is -2.54. The van der Waals surface area contributed by atoms with Gasteiger partial charge in [-0.15, -0.1) is 0 Å². The second kappa shape index (κ2) is 19.4. The molecular formula is C44H76N2O13Si4. The van der Waals surface area contributed by atoms with Gasteiger partial charge in [0.1, 0.15) is 36.8 Å². The smallest absolute Gasteiger partial charge is 0.455 e. The average molecular weight is 953 g/mol. The molecular weight excluding hydrogens is 877 g/mol. The highest BCUT2D eigenvalue weighted by Gasteiger charge is 2.58. The Labute approximate surface area is 380 Å². The molecule has 1 saturated heterocycles. The summed E-state index contributed by atoms with van der Waals surface area (Å²) in [5.74, 6) is -0.0481. The van der Waals surface area contributed by atoms with Crippen LogP contribution in [0.2, 0.25) is 72.5 Å². The highest BCUT2D eigenvalue weighted by atomic mass is 28.4. The SMILES string of the molecule is CC(C)(C)[Si](C)(C)OCC1O[C@@H](Oc2ccc(COC(=O)Oc3ccc([N+](=O)[O-])cc3)cc2[N+](=O)[O-])[C@@H](O[Si](C)(C)C(C)(C)C)C(O[Si](C)(C)C(C)(C)C)[C@@H]1O[Si](C)(C)C(C)(C)C. The van der Waals surface area contributed by atoms with E-state index in [1.807, 2.05) is 0 Å². The molecule has 0 bridgehead atoms. The van der Waals surface area contributed by atoms with E-state index in [1.165, 1.54) is 36.4 Å². The van der Waals surface area contributed by atoms with E-state index in [2.05, 4.69) is 135 Å². The normalized spacial score (nSPS) is 20.9. The predicted octanol–water partition coefficient (Wildman–Crippen LogP) is 12.5. The van der Waals surface area contributed by atoms with Crippen LogP contribution in [0.1, 0.15) is 88.6 Å². The first-order valence-corrected chi connectivity index (χ1v) is 33.3. The van der Waals surface area contributed by atoms with Crippen LogP contribution in [0.5, 0.6) is 11.5 Å². The average Bonchev–Trinajstić information content (AvgIpc) is 3.10. The van der Waals surface area contributed by atoms with Crippen molar-refractivity contribution in [3.05, 3.63) is 68.3 Å². The fraction of sp³-hybridized carbons (Fsp3) is 0.705. The van der Waals surface area contributed by atoms with Gasteiger partial charge in [0, 0.05) is 18.2 Å². The monoisotopic (exact) mass is 952 g/mol. The molecule has 2 unspecified atom stereocenters. The second-order valence-corrected chi connectivity index (χ2v) is 41.8. The number of carbonyl (C=O) groups is 1. The Hall–Kier alpha value is -3.02. The summed E-state index contributed by atoms with van der Waals surface area (Å²) >= 11 is 0. The number of nitro benzene ring substituents is 2. The number of carbonyl (C=O) groups excluding carboxylic acids is 1. The zero-order valence-electron chi connectivity index (χ0n) is 41.5. The van der Waals surface area contributed by atoms with Gasteiger partial charge in [-0.25, -0.2) is 4.79 Å². The number of benzene rings is 2. The fourth-order valence-electron chi connectivity index (χ4n) is 5.49. The zero-order chi connectivity index (χ0) is 48.5. The molecule has 5 atom stereocenters. The molecule has 3 rings (SSSR count). The fourth-order valence-corrected chi connectivity index (χ4v) is 10.4. The molecule has 1 aliphatic rings. The Kier molecular flexibility index (Phi) is 16.8. The summed E-state index contributed by atoms with van der Waals surface area (Å²) < 4.78 is 53.3. The van der Waals surface area contributed by atoms with E-state index in [0.29, 0.717) is 0 Å². The molecule has 19 heteroatoms. The van der Waals surface area contributed by atoms with Gasteiger partial charge in [-0.05, 0) is 96.3 Å². The van der Waals surface area contributed by atoms with Crippen LogP contribution in [0.4, 0.5) is 16.2 Å². The van der Waals surface area contributed by atoms with Crippen molar-refractivity contribution in [2.45, 2.75) is 193 Å². The van der Waals surface area contributed by atoms with Crippen molar-refractivity contribution in [2.75, 3.05) is 6.61 Å². The summed E-state index contributed by atoms with van der Waals surface area (Å²) in [5.41, 5.74) is -0.268. The summed E-state index contributed by atoms with van der Waals surface area (Å²) in [6, 6.07) is 9.18. The van der Waals surface area contributed by atoms with E-state index in [1.54, 1.807) is 6.07 Å². The second-order valence-electron chi connectivity index (χ2n) is 22.7. The van der Waals surface area contributed by atoms with E-state index < -0.39 is 80.0 Å². The molecule has 1 fully saturated rings. The summed E-state index contributed by atoms with van der Waals surface area (Å²) in [4.78, 5) is 35.2. The van der Waals surface area contributed by atoms with Gasteiger partial charge in [-0.3, -0.25) is 20.2 Å². The lowest BCUT2D eigenvalue weighted by atomic mass is 9.99. The molecule has 15 nitrogen and oxygen atoms in total. The third-order valence-corrected chi connectivity index (χ3v) is 31.7. The van der Waals surface area contributed by atoms with Crippen LogP contribution in [-0.2, 0) is 33.8 Å². The number of ether oxygens (including phenoxy) is 4. The number of rotatable bonds is 16. The molecule has 63 heavy (non-hydrogen) atoms. The first-order valence-electron chi connectivity index (χ1n) is 21.7. The van der Waals surface area contributed by atoms with Crippen molar-refractivity contribution in [3.8, 4) is 11.5 Å². The van der Waals surface area contributed by atoms with Crippen LogP contribution in [0.25, 0.3) is 0 Å². The molecule has 0 N–H and O–H groups in total. The van der Waals surface area contributed by atoms with Gasteiger partial charge in [-0.2, -0.15) is 0 Å². The Bertz CT molecular complexity index is 1910. The standard InChI is InChI=1S/C44H76N2O13Si4/c1-41(2,3)60(13,14)53-29-35-36(57-61(15,16)42(4,5)6)37(58-62(17,18)43(7,8)9)38(59-63(19,20)44(10,11)12)39(56-35)55-34-26-21-30(27-33(34)46(50)51)28-52-40(47)54-32-24-22-31(23-25-32)45(48)49/h21-27,35-39H,28-29H2,1-20H3/t35?,36-,37?,38+,39-/m1/s1. The topological polar surface area (TPSA) is 177 Å². The third kappa shape index (κ3) is 13.8. The first kappa shape index (κ1) is 54.3. The quantitative estimate of drug-likeness (QED) is 0.0511. The predicted molar refractivity (Wildman–Crippen MR) is 256 cm³/mol. The Morgan fingerprint density at radius 2 is 1.10 bits per heavy atom. The summed E-state index contributed by atoms with van der Waals surface area (Å²) in [6.07, 6.45) is -5.23. The summed E-state index contributed by atoms with van der Waals surface area (Å²) in [5, 5.41) is 23.0. The number of nitro groups is 2. The number of nitrogens with zero attached hydrogens (tertiary/aromatic N) is 2. The lowest BCUT2D eigenvalue weighted by molar-refractivity contribution is -0.387. The van der Waals surface area contributed by atoms with E-state index >= 15 is 0 Å². The molecule has 0 radical (unpaired) electrons. The van der Waals surface area contributed by atoms with Crippen molar-refractivity contribution in [1.82, 2.24) is 0 Å². The van der Waals surface area contributed by atoms with E-state index in [0.717, 1.165) is 0 Å². The molecule has 0 aliphatic carbocycles. The molecule has 0 aromatic heterocycles. The van der Waals surface area contributed by atoms with E-state index in [9.17, 15) is 25.0 Å². The highest BCUT2D eigenvalue weighted by Crippen LogP contribution is 2.47. The van der Waals surface area contributed by atoms with E-state index in [4.69, 9.17) is 36.7 Å². The molecule has 0 saturated carbocycles. The van der Waals surface area contributed by atoms with E-state index in [-0.39, 0.29) is 61.8 Å². The molecule has 2 aromatic carbocycles. The van der Waals surface area contributed by atoms with Gasteiger partial charge < -0.3 is 36.7 Å². The van der Waals surface area contributed by atoms with Crippen molar-refractivity contribution in [3.63, 3.8) is 0 Å². The maximum Gasteiger partial charge on any atom is 0.514 e. The van der Waals surface area contributed by atoms with Crippen LogP contribution >= 0.6 is 0 Å². The molecule has 0 spiro atoms. The van der Waals surface area contributed by atoms with Crippen molar-refractivity contribution >= 4 is 50.8 Å². The molecule has 0 amide bonds. The van der Waals surface area contributed by atoms with Gasteiger partial charge in [0.2, 0.25) is 6.29 Å². The lowest BCUT2D eigenvalue weighted by Crippen LogP contribution is -2.69. The van der Waals surface area contributed by atoms with Gasteiger partial charge in [0.15, 0.2) is 39.0 Å².